The monoisotopic (exact) mass is 239 g/mol. The van der Waals surface area contributed by atoms with E-state index in [0.29, 0.717) is 17.8 Å². The highest BCUT2D eigenvalue weighted by atomic mass is 32.1. The van der Waals surface area contributed by atoms with Crippen molar-refractivity contribution < 1.29 is 14.7 Å². The Bertz CT molecular complexity index is 427. The molecule has 0 aromatic carbocycles. The van der Waals surface area contributed by atoms with Crippen LogP contribution < -0.4 is 0 Å². The number of thiophene rings is 1. The first-order valence-corrected chi connectivity index (χ1v) is 6.06. The Kier molecular flexibility index (Phi) is 2.96. The van der Waals surface area contributed by atoms with Gasteiger partial charge in [-0.3, -0.25) is 4.79 Å². The molecule has 2 rings (SSSR count). The van der Waals surface area contributed by atoms with E-state index < -0.39 is 12.0 Å². The Morgan fingerprint density at radius 2 is 2.31 bits per heavy atom. The van der Waals surface area contributed by atoms with Crippen LogP contribution >= 0.6 is 11.3 Å². The molecule has 1 aromatic rings. The maximum absolute atomic E-state index is 12.0. The number of rotatable bonds is 2. The van der Waals surface area contributed by atoms with Gasteiger partial charge < -0.3 is 10.0 Å². The average Bonchev–Trinajstić information content (AvgIpc) is 2.84. The summed E-state index contributed by atoms with van der Waals surface area (Å²) in [6, 6.07) is 1.17. The molecule has 0 spiro atoms. The van der Waals surface area contributed by atoms with Gasteiger partial charge in [-0.2, -0.15) is 0 Å². The Hall–Kier alpha value is -1.36. The van der Waals surface area contributed by atoms with Crippen molar-refractivity contribution >= 4 is 23.2 Å². The molecule has 0 aliphatic carbocycles. The molecular formula is C11H13NO3S. The van der Waals surface area contributed by atoms with Gasteiger partial charge in [0, 0.05) is 6.54 Å². The number of aryl methyl sites for hydroxylation is 1. The van der Waals surface area contributed by atoms with Crippen molar-refractivity contribution in [2.24, 2.45) is 0 Å². The van der Waals surface area contributed by atoms with Gasteiger partial charge in [-0.25, -0.2) is 4.79 Å². The molecular weight excluding hydrogens is 226 g/mol. The van der Waals surface area contributed by atoms with Crippen molar-refractivity contribution in [3.63, 3.8) is 0 Å². The molecule has 1 saturated heterocycles. The first kappa shape index (κ1) is 11.1. The number of carboxylic acid groups (broad SMARTS) is 1. The van der Waals surface area contributed by atoms with Gasteiger partial charge in [-0.05, 0) is 36.8 Å². The second-order valence-electron chi connectivity index (χ2n) is 3.98. The standard InChI is InChI=1S/C11H13NO3S/c1-7-5-9(16-6-7)10(13)12-4-2-3-8(12)11(14)15/h5-6,8H,2-4H2,1H3,(H,14,15)/t8-/m0/s1. The van der Waals surface area contributed by atoms with Crippen molar-refractivity contribution in [1.29, 1.82) is 0 Å². The number of carboxylic acids is 1. The summed E-state index contributed by atoms with van der Waals surface area (Å²) in [5, 5.41) is 10.9. The highest BCUT2D eigenvalue weighted by Gasteiger charge is 2.34. The molecule has 86 valence electrons. The number of hydrogen-bond acceptors (Lipinski definition) is 3. The van der Waals surface area contributed by atoms with Crippen LogP contribution in [0.15, 0.2) is 11.4 Å². The summed E-state index contributed by atoms with van der Waals surface area (Å²) in [6.07, 6.45) is 1.33. The Morgan fingerprint density at radius 3 is 2.88 bits per heavy atom. The quantitative estimate of drug-likeness (QED) is 0.855. The largest absolute Gasteiger partial charge is 0.480 e. The van der Waals surface area contributed by atoms with Crippen molar-refractivity contribution in [3.05, 3.63) is 21.9 Å². The van der Waals surface area contributed by atoms with E-state index in [2.05, 4.69) is 0 Å². The van der Waals surface area contributed by atoms with Crippen LogP contribution in [0.3, 0.4) is 0 Å². The minimum Gasteiger partial charge on any atom is -0.480 e. The third kappa shape index (κ3) is 1.95. The summed E-state index contributed by atoms with van der Waals surface area (Å²) in [5.74, 6) is -1.05. The van der Waals surface area contributed by atoms with Crippen molar-refractivity contribution in [2.45, 2.75) is 25.8 Å². The van der Waals surface area contributed by atoms with Crippen LogP contribution in [-0.4, -0.2) is 34.5 Å². The minimum absolute atomic E-state index is 0.150. The van der Waals surface area contributed by atoms with Crippen LogP contribution in [0.5, 0.6) is 0 Å². The fourth-order valence-electron chi connectivity index (χ4n) is 1.95. The zero-order valence-corrected chi connectivity index (χ0v) is 9.79. The van der Waals surface area contributed by atoms with Crippen LogP contribution in [0.4, 0.5) is 0 Å². The predicted octanol–water partition coefficient (Wildman–Crippen LogP) is 1.75. The smallest absolute Gasteiger partial charge is 0.326 e. The molecule has 0 bridgehead atoms. The summed E-state index contributed by atoms with van der Waals surface area (Å²) in [5.41, 5.74) is 1.04. The Labute approximate surface area is 97.5 Å². The van der Waals surface area contributed by atoms with Gasteiger partial charge in [-0.15, -0.1) is 11.3 Å². The Morgan fingerprint density at radius 1 is 1.56 bits per heavy atom. The molecule has 1 aliphatic heterocycles. The molecule has 2 heterocycles. The molecule has 1 fully saturated rings. The van der Waals surface area contributed by atoms with Gasteiger partial charge >= 0.3 is 5.97 Å². The maximum atomic E-state index is 12.0. The third-order valence-electron chi connectivity index (χ3n) is 2.74. The highest BCUT2D eigenvalue weighted by Crippen LogP contribution is 2.23. The second-order valence-corrected chi connectivity index (χ2v) is 4.89. The summed E-state index contributed by atoms with van der Waals surface area (Å²) in [4.78, 5) is 25.1. The van der Waals surface area contributed by atoms with Gasteiger partial charge in [-0.1, -0.05) is 0 Å². The van der Waals surface area contributed by atoms with E-state index >= 15 is 0 Å². The zero-order chi connectivity index (χ0) is 11.7. The summed E-state index contributed by atoms with van der Waals surface area (Å²) in [6.45, 7) is 2.47. The zero-order valence-electron chi connectivity index (χ0n) is 8.97. The summed E-state index contributed by atoms with van der Waals surface area (Å²) in [7, 11) is 0. The van der Waals surface area contributed by atoms with E-state index in [1.54, 1.807) is 0 Å². The molecule has 0 saturated carbocycles. The van der Waals surface area contributed by atoms with Gasteiger partial charge in [0.2, 0.25) is 0 Å². The Balaban J connectivity index is 2.18. The third-order valence-corrected chi connectivity index (χ3v) is 3.78. The molecule has 16 heavy (non-hydrogen) atoms. The van der Waals surface area contributed by atoms with Crippen molar-refractivity contribution in [3.8, 4) is 0 Å². The van der Waals surface area contributed by atoms with Crippen LogP contribution in [0.2, 0.25) is 0 Å². The van der Waals surface area contributed by atoms with E-state index in [1.165, 1.54) is 16.2 Å². The molecule has 1 aromatic heterocycles. The van der Waals surface area contributed by atoms with E-state index in [0.717, 1.165) is 12.0 Å². The van der Waals surface area contributed by atoms with Gasteiger partial charge in [0.1, 0.15) is 6.04 Å². The average molecular weight is 239 g/mol. The summed E-state index contributed by atoms with van der Waals surface area (Å²) < 4.78 is 0. The lowest BCUT2D eigenvalue weighted by Crippen LogP contribution is -2.40. The second kappa shape index (κ2) is 4.25. The lowest BCUT2D eigenvalue weighted by Gasteiger charge is -2.20. The maximum Gasteiger partial charge on any atom is 0.326 e. The number of aliphatic carboxylic acids is 1. The fraction of sp³-hybridized carbons (Fsp3) is 0.455. The fourth-order valence-corrected chi connectivity index (χ4v) is 2.80. The number of amides is 1. The van der Waals surface area contributed by atoms with E-state index in [-0.39, 0.29) is 5.91 Å². The predicted molar refractivity (Wildman–Crippen MR) is 60.8 cm³/mol. The molecule has 0 unspecified atom stereocenters. The first-order valence-electron chi connectivity index (χ1n) is 5.18. The number of carbonyl (C=O) groups excluding carboxylic acids is 1. The molecule has 1 aliphatic rings. The van der Waals surface area contributed by atoms with Gasteiger partial charge in [0.25, 0.3) is 5.91 Å². The number of hydrogen-bond donors (Lipinski definition) is 1. The van der Waals surface area contributed by atoms with Gasteiger partial charge in [0.05, 0.1) is 4.88 Å². The molecule has 0 radical (unpaired) electrons. The van der Waals surface area contributed by atoms with E-state index in [1.807, 2.05) is 18.4 Å². The lowest BCUT2D eigenvalue weighted by atomic mass is 10.2. The molecule has 1 amide bonds. The first-order chi connectivity index (χ1) is 7.59. The van der Waals surface area contributed by atoms with Crippen molar-refractivity contribution in [2.75, 3.05) is 6.54 Å². The number of nitrogens with zero attached hydrogens (tertiary/aromatic N) is 1. The normalized spacial score (nSPS) is 20.1. The van der Waals surface area contributed by atoms with Crippen LogP contribution in [0.25, 0.3) is 0 Å². The minimum atomic E-state index is -0.904. The van der Waals surface area contributed by atoms with E-state index in [4.69, 9.17) is 5.11 Å². The van der Waals surface area contributed by atoms with Crippen molar-refractivity contribution in [1.82, 2.24) is 4.90 Å². The highest BCUT2D eigenvalue weighted by molar-refractivity contribution is 7.12. The molecule has 1 N–H and O–H groups in total. The number of carbonyl (C=O) groups is 2. The molecule has 1 atom stereocenters. The SMILES string of the molecule is Cc1csc(C(=O)N2CCC[C@H]2C(=O)O)c1. The lowest BCUT2D eigenvalue weighted by molar-refractivity contribution is -0.141. The van der Waals surface area contributed by atoms with Crippen LogP contribution in [0.1, 0.15) is 28.1 Å². The molecule has 5 heteroatoms. The molecule has 4 nitrogen and oxygen atoms in total. The van der Waals surface area contributed by atoms with E-state index in [9.17, 15) is 9.59 Å². The number of likely N-dealkylation sites (tertiary alicyclic amines) is 1. The summed E-state index contributed by atoms with van der Waals surface area (Å²) >= 11 is 1.37. The van der Waals surface area contributed by atoms with Crippen LogP contribution in [-0.2, 0) is 4.79 Å². The van der Waals surface area contributed by atoms with Gasteiger partial charge in [0.15, 0.2) is 0 Å². The van der Waals surface area contributed by atoms with Crippen LogP contribution in [0, 0.1) is 6.92 Å². The topological polar surface area (TPSA) is 57.6 Å².